The molecule has 1 heterocycles. The lowest BCUT2D eigenvalue weighted by molar-refractivity contribution is -0.122. The predicted molar refractivity (Wildman–Crippen MR) is 94.9 cm³/mol. The van der Waals surface area contributed by atoms with Crippen LogP contribution in [0.2, 0.25) is 0 Å². The Balaban J connectivity index is 2.18. The normalized spacial score (nSPS) is 18.4. The van der Waals surface area contributed by atoms with Crippen LogP contribution in [-0.4, -0.2) is 56.1 Å². The van der Waals surface area contributed by atoms with Gasteiger partial charge in [0, 0.05) is 31.2 Å². The summed E-state index contributed by atoms with van der Waals surface area (Å²) in [6, 6.07) is 4.98. The molecule has 0 aliphatic carbocycles. The van der Waals surface area contributed by atoms with Crippen LogP contribution in [0, 0.1) is 0 Å². The highest BCUT2D eigenvalue weighted by Gasteiger charge is 2.30. The van der Waals surface area contributed by atoms with Crippen LogP contribution in [0.3, 0.4) is 0 Å². The van der Waals surface area contributed by atoms with E-state index >= 15 is 0 Å². The molecule has 2 amide bonds. The third-order valence-corrected chi connectivity index (χ3v) is 4.47. The molecule has 1 aromatic carbocycles. The Morgan fingerprint density at radius 2 is 2.12 bits per heavy atom. The third-order valence-electron chi connectivity index (χ3n) is 4.47. The number of nitrogens with two attached hydrogens (primary N) is 1. The van der Waals surface area contributed by atoms with Crippen LogP contribution in [0.1, 0.15) is 36.5 Å². The summed E-state index contributed by atoms with van der Waals surface area (Å²) in [5, 5.41) is 2.48. The number of methoxy groups -OCH3 is 1. The Hall–Kier alpha value is -2.28. The molecule has 7 heteroatoms. The van der Waals surface area contributed by atoms with Gasteiger partial charge in [-0.05, 0) is 44.4 Å². The number of likely N-dealkylation sites (tertiary alicyclic amines) is 1. The minimum atomic E-state index is -0.240. The molecule has 0 radical (unpaired) electrons. The number of amides is 2. The Morgan fingerprint density at radius 1 is 1.36 bits per heavy atom. The second-order valence-electron chi connectivity index (χ2n) is 6.25. The van der Waals surface area contributed by atoms with Crippen molar-refractivity contribution in [3.8, 4) is 11.5 Å². The second kappa shape index (κ2) is 8.71. The van der Waals surface area contributed by atoms with Crippen LogP contribution in [0.5, 0.6) is 11.5 Å². The van der Waals surface area contributed by atoms with E-state index in [4.69, 9.17) is 15.2 Å². The Morgan fingerprint density at radius 3 is 2.76 bits per heavy atom. The Kier molecular flexibility index (Phi) is 6.64. The average Bonchev–Trinajstić information content (AvgIpc) is 2.65. The van der Waals surface area contributed by atoms with Crippen molar-refractivity contribution in [2.24, 2.45) is 5.73 Å². The second-order valence-corrected chi connectivity index (χ2v) is 6.25. The zero-order chi connectivity index (χ0) is 18.4. The number of benzene rings is 1. The van der Waals surface area contributed by atoms with Gasteiger partial charge in [-0.15, -0.1) is 0 Å². The lowest BCUT2D eigenvalue weighted by Crippen LogP contribution is -2.51. The molecule has 2 atom stereocenters. The number of piperidine rings is 1. The Labute approximate surface area is 148 Å². The topological polar surface area (TPSA) is 93.9 Å². The fourth-order valence-electron chi connectivity index (χ4n) is 3.06. The third kappa shape index (κ3) is 4.63. The first kappa shape index (κ1) is 19.1. The van der Waals surface area contributed by atoms with E-state index in [0.29, 0.717) is 23.6 Å². The smallest absolute Gasteiger partial charge is 0.257 e. The lowest BCUT2D eigenvalue weighted by atomic mass is 9.96. The highest BCUT2D eigenvalue weighted by molar-refractivity contribution is 5.95. The number of carbonyl (C=O) groups excluding carboxylic acids is 2. The summed E-state index contributed by atoms with van der Waals surface area (Å²) in [5.41, 5.74) is 6.58. The van der Waals surface area contributed by atoms with Crippen molar-refractivity contribution in [3.05, 3.63) is 23.8 Å². The van der Waals surface area contributed by atoms with Gasteiger partial charge in [-0.25, -0.2) is 0 Å². The first-order chi connectivity index (χ1) is 12.0. The first-order valence-electron chi connectivity index (χ1n) is 8.56. The van der Waals surface area contributed by atoms with Crippen molar-refractivity contribution in [1.29, 1.82) is 0 Å². The van der Waals surface area contributed by atoms with Crippen LogP contribution >= 0.6 is 0 Å². The highest BCUT2D eigenvalue weighted by atomic mass is 16.5. The standard InChI is InChI=1S/C18H27N3O4/c1-12(19)14-6-4-5-9-21(14)18(23)13-7-8-15(16(10-13)24-3)25-11-17(22)20-2/h7-8,10,12,14H,4-6,9,11,19H2,1-3H3,(H,20,22)/t12-,14-/m1/s1. The van der Waals surface area contributed by atoms with Gasteiger partial charge in [0.2, 0.25) is 0 Å². The summed E-state index contributed by atoms with van der Waals surface area (Å²) < 4.78 is 10.7. The molecule has 0 spiro atoms. The van der Waals surface area contributed by atoms with Gasteiger partial charge in [0.1, 0.15) is 0 Å². The number of nitrogens with one attached hydrogen (secondary N) is 1. The molecule has 3 N–H and O–H groups in total. The van der Waals surface area contributed by atoms with Gasteiger partial charge in [-0.3, -0.25) is 9.59 Å². The molecule has 1 fully saturated rings. The summed E-state index contributed by atoms with van der Waals surface area (Å²) in [5.74, 6) is 0.544. The van der Waals surface area contributed by atoms with Crippen LogP contribution in [0.15, 0.2) is 18.2 Å². The minimum absolute atomic E-state index is 0.0522. The number of hydrogen-bond donors (Lipinski definition) is 2. The maximum Gasteiger partial charge on any atom is 0.257 e. The van der Waals surface area contributed by atoms with Gasteiger partial charge in [-0.1, -0.05) is 0 Å². The molecule has 1 saturated heterocycles. The molecular weight excluding hydrogens is 322 g/mol. The molecule has 25 heavy (non-hydrogen) atoms. The van der Waals surface area contributed by atoms with Crippen molar-refractivity contribution in [2.75, 3.05) is 27.3 Å². The molecule has 2 rings (SSSR count). The average molecular weight is 349 g/mol. The van der Waals surface area contributed by atoms with Gasteiger partial charge < -0.3 is 25.4 Å². The van der Waals surface area contributed by atoms with Crippen molar-refractivity contribution >= 4 is 11.8 Å². The van der Waals surface area contributed by atoms with Crippen molar-refractivity contribution < 1.29 is 19.1 Å². The summed E-state index contributed by atoms with van der Waals surface area (Å²) in [6.07, 6.45) is 3.00. The number of likely N-dealkylation sites (N-methyl/N-ethyl adjacent to an activating group) is 1. The van der Waals surface area contributed by atoms with Crippen molar-refractivity contribution in [3.63, 3.8) is 0 Å². The largest absolute Gasteiger partial charge is 0.493 e. The number of nitrogens with zero attached hydrogens (tertiary/aromatic N) is 1. The number of carbonyl (C=O) groups is 2. The maximum atomic E-state index is 12.9. The van der Waals surface area contributed by atoms with E-state index < -0.39 is 0 Å². The monoisotopic (exact) mass is 349 g/mol. The van der Waals surface area contributed by atoms with Crippen LogP contribution in [-0.2, 0) is 4.79 Å². The molecule has 1 aromatic rings. The van der Waals surface area contributed by atoms with Gasteiger partial charge in [-0.2, -0.15) is 0 Å². The molecule has 0 bridgehead atoms. The van der Waals surface area contributed by atoms with E-state index in [1.807, 2.05) is 11.8 Å². The first-order valence-corrected chi connectivity index (χ1v) is 8.56. The van der Waals surface area contributed by atoms with E-state index in [9.17, 15) is 9.59 Å². The molecule has 7 nitrogen and oxygen atoms in total. The van der Waals surface area contributed by atoms with E-state index in [1.54, 1.807) is 18.2 Å². The van der Waals surface area contributed by atoms with E-state index in [1.165, 1.54) is 14.2 Å². The van der Waals surface area contributed by atoms with Crippen molar-refractivity contribution in [2.45, 2.75) is 38.3 Å². The fraction of sp³-hybridized carbons (Fsp3) is 0.556. The van der Waals surface area contributed by atoms with Gasteiger partial charge in [0.05, 0.1) is 7.11 Å². The molecule has 0 aromatic heterocycles. The van der Waals surface area contributed by atoms with E-state index in [-0.39, 0.29) is 30.5 Å². The zero-order valence-corrected chi connectivity index (χ0v) is 15.1. The van der Waals surface area contributed by atoms with E-state index in [0.717, 1.165) is 19.3 Å². The summed E-state index contributed by atoms with van der Waals surface area (Å²) in [6.45, 7) is 2.54. The molecule has 0 unspecified atom stereocenters. The highest BCUT2D eigenvalue weighted by Crippen LogP contribution is 2.30. The van der Waals surface area contributed by atoms with Crippen LogP contribution < -0.4 is 20.5 Å². The van der Waals surface area contributed by atoms with Gasteiger partial charge in [0.25, 0.3) is 11.8 Å². The Bertz CT molecular complexity index is 618. The maximum absolute atomic E-state index is 12.9. The number of hydrogen-bond acceptors (Lipinski definition) is 5. The van der Waals surface area contributed by atoms with Gasteiger partial charge >= 0.3 is 0 Å². The molecule has 138 valence electrons. The van der Waals surface area contributed by atoms with Crippen LogP contribution in [0.25, 0.3) is 0 Å². The summed E-state index contributed by atoms with van der Waals surface area (Å²) in [4.78, 5) is 26.1. The lowest BCUT2D eigenvalue weighted by Gasteiger charge is -2.38. The molecule has 0 saturated carbocycles. The van der Waals surface area contributed by atoms with E-state index in [2.05, 4.69) is 5.32 Å². The SMILES string of the molecule is CNC(=O)COc1ccc(C(=O)N2CCCC[C@@H]2[C@@H](C)N)cc1OC. The predicted octanol–water partition coefficient (Wildman–Crippen LogP) is 1.16. The fourth-order valence-corrected chi connectivity index (χ4v) is 3.06. The van der Waals surface area contributed by atoms with Crippen LogP contribution in [0.4, 0.5) is 0 Å². The minimum Gasteiger partial charge on any atom is -0.493 e. The molecule has 1 aliphatic heterocycles. The zero-order valence-electron chi connectivity index (χ0n) is 15.1. The molecule has 1 aliphatic rings. The molecular formula is C18H27N3O4. The van der Waals surface area contributed by atoms with Crippen molar-refractivity contribution in [1.82, 2.24) is 10.2 Å². The summed E-state index contributed by atoms with van der Waals surface area (Å²) >= 11 is 0. The summed E-state index contributed by atoms with van der Waals surface area (Å²) in [7, 11) is 3.04. The number of rotatable bonds is 6. The number of ether oxygens (including phenoxy) is 2. The quantitative estimate of drug-likeness (QED) is 0.804. The van der Waals surface area contributed by atoms with Gasteiger partial charge in [0.15, 0.2) is 18.1 Å².